The number of ether oxygens (including phenoxy) is 1. The Morgan fingerprint density at radius 3 is 1.71 bits per heavy atom. The van der Waals surface area contributed by atoms with Gasteiger partial charge in [-0.25, -0.2) is 4.79 Å². The summed E-state index contributed by atoms with van der Waals surface area (Å²) in [5.74, 6) is -1.62. The van der Waals surface area contributed by atoms with Crippen LogP contribution in [0.2, 0.25) is 0 Å². The number of aliphatic hydroxyl groups excluding tert-OH is 2. The predicted molar refractivity (Wildman–Crippen MR) is 141 cm³/mol. The third-order valence-electron chi connectivity index (χ3n) is 4.91. The quantitative estimate of drug-likeness (QED) is 0.0596. The number of carbonyl (C=O) groups is 2. The molecule has 0 radical (unpaired) electrons. The molecule has 2 unspecified atom stereocenters. The molecule has 0 aliphatic heterocycles. The van der Waals surface area contributed by atoms with E-state index in [0.29, 0.717) is 26.0 Å². The summed E-state index contributed by atoms with van der Waals surface area (Å²) in [5, 5.41) is 34.2. The van der Waals surface area contributed by atoms with E-state index >= 15 is 0 Å². The third kappa shape index (κ3) is 36.8. The van der Waals surface area contributed by atoms with Gasteiger partial charge in [-0.2, -0.15) is 0 Å². The standard InChI is InChI=1S/C17H34O3.C6H14N4O2.C2H6O/c1-3-4-5-6-7-8-9-10-11-12-13-14-15-20-17(19)16(2)18;7-4(5(11)12)2-1-3-10-6(8)9;1-2-3/h16,18H,3-15H2,1-2H3;4H,1-3,7H2,(H,11,12)(H4,8,9,10);3H,2H2,1H3. The minimum atomic E-state index is -1.00. The maximum Gasteiger partial charge on any atom is 0.334 e. The topological polar surface area (TPSA) is 192 Å². The van der Waals surface area contributed by atoms with E-state index in [2.05, 4.69) is 12.2 Å². The highest BCUT2D eigenvalue weighted by molar-refractivity contribution is 5.74. The van der Waals surface area contributed by atoms with Crippen molar-refractivity contribution < 1.29 is 29.6 Å². The monoisotopic (exact) mass is 506 g/mol. The molecule has 0 rings (SSSR count). The van der Waals surface area contributed by atoms with Crippen molar-refractivity contribution in [1.29, 1.82) is 5.41 Å². The molecule has 0 saturated heterocycles. The molecule has 0 saturated carbocycles. The number of carboxylic acid groups (broad SMARTS) is 1. The van der Waals surface area contributed by atoms with E-state index in [-0.39, 0.29) is 12.6 Å². The van der Waals surface area contributed by atoms with Crippen LogP contribution in [0.15, 0.2) is 0 Å². The number of nitrogens with two attached hydrogens (primary N) is 2. The van der Waals surface area contributed by atoms with Crippen LogP contribution in [-0.2, 0) is 14.3 Å². The summed E-state index contributed by atoms with van der Waals surface area (Å²) >= 11 is 0. The number of hydrogen-bond acceptors (Lipinski definition) is 7. The lowest BCUT2D eigenvalue weighted by Crippen LogP contribution is -2.34. The van der Waals surface area contributed by atoms with Crippen molar-refractivity contribution in [3.63, 3.8) is 0 Å². The van der Waals surface area contributed by atoms with Crippen molar-refractivity contribution in [2.45, 2.75) is 123 Å². The summed E-state index contributed by atoms with van der Waals surface area (Å²) in [7, 11) is 0. The van der Waals surface area contributed by atoms with E-state index < -0.39 is 24.1 Å². The molecule has 0 spiro atoms. The third-order valence-corrected chi connectivity index (χ3v) is 4.91. The van der Waals surface area contributed by atoms with Gasteiger partial charge < -0.3 is 36.8 Å². The number of rotatable bonds is 19. The molecule has 0 aromatic rings. The number of hydrogen-bond donors (Lipinski definition) is 7. The van der Waals surface area contributed by atoms with Crippen molar-refractivity contribution in [3.05, 3.63) is 0 Å². The molecular weight excluding hydrogens is 452 g/mol. The molecule has 0 fully saturated rings. The van der Waals surface area contributed by atoms with Gasteiger partial charge in [-0.05, 0) is 33.1 Å². The number of carbonyl (C=O) groups excluding carboxylic acids is 1. The molecule has 210 valence electrons. The predicted octanol–water partition coefficient (Wildman–Crippen LogP) is 3.27. The zero-order chi connectivity index (χ0) is 27.3. The van der Waals surface area contributed by atoms with Gasteiger partial charge in [0.2, 0.25) is 0 Å². The Hall–Kier alpha value is -1.91. The van der Waals surface area contributed by atoms with Gasteiger partial charge in [0.1, 0.15) is 12.1 Å². The van der Waals surface area contributed by atoms with E-state index in [1.54, 1.807) is 6.92 Å². The van der Waals surface area contributed by atoms with Crippen LogP contribution in [0.25, 0.3) is 0 Å². The van der Waals surface area contributed by atoms with Crippen LogP contribution in [0.1, 0.15) is 111 Å². The van der Waals surface area contributed by atoms with Crippen LogP contribution < -0.4 is 16.8 Å². The van der Waals surface area contributed by atoms with Gasteiger partial charge in [0.25, 0.3) is 0 Å². The number of esters is 1. The van der Waals surface area contributed by atoms with Crippen LogP contribution >= 0.6 is 0 Å². The van der Waals surface area contributed by atoms with Gasteiger partial charge in [0.05, 0.1) is 6.61 Å². The maximum atomic E-state index is 11.0. The van der Waals surface area contributed by atoms with E-state index in [1.165, 1.54) is 71.1 Å². The first-order valence-corrected chi connectivity index (χ1v) is 13.2. The minimum Gasteiger partial charge on any atom is -0.480 e. The molecular formula is C25H54N4O6. The second-order valence-electron chi connectivity index (χ2n) is 8.48. The average molecular weight is 507 g/mol. The Kier molecular flexibility index (Phi) is 32.4. The fourth-order valence-corrected chi connectivity index (χ4v) is 2.90. The first-order chi connectivity index (χ1) is 16.6. The van der Waals surface area contributed by atoms with Crippen LogP contribution in [0.3, 0.4) is 0 Å². The highest BCUT2D eigenvalue weighted by atomic mass is 16.5. The number of aliphatic carboxylic acids is 1. The molecule has 0 heterocycles. The van der Waals surface area contributed by atoms with Crippen LogP contribution in [-0.4, -0.2) is 65.1 Å². The summed E-state index contributed by atoms with van der Waals surface area (Å²) in [6.45, 7) is 6.55. The largest absolute Gasteiger partial charge is 0.480 e. The molecule has 2 atom stereocenters. The van der Waals surface area contributed by atoms with Crippen LogP contribution in [0.4, 0.5) is 0 Å². The Morgan fingerprint density at radius 1 is 0.914 bits per heavy atom. The Balaban J connectivity index is -0.000000578. The highest BCUT2D eigenvalue weighted by Gasteiger charge is 2.10. The van der Waals surface area contributed by atoms with Crippen molar-refractivity contribution in [2.75, 3.05) is 19.8 Å². The molecule has 0 aliphatic carbocycles. The van der Waals surface area contributed by atoms with Gasteiger partial charge in [-0.3, -0.25) is 10.2 Å². The van der Waals surface area contributed by atoms with E-state index in [1.807, 2.05) is 0 Å². The second kappa shape index (κ2) is 30.1. The first kappa shape index (κ1) is 37.6. The molecule has 0 amide bonds. The highest BCUT2D eigenvalue weighted by Crippen LogP contribution is 2.11. The fraction of sp³-hybridized carbons (Fsp3) is 0.880. The summed E-state index contributed by atoms with van der Waals surface area (Å²) in [5.41, 5.74) is 10.2. The Morgan fingerprint density at radius 2 is 1.34 bits per heavy atom. The average Bonchev–Trinajstić information content (AvgIpc) is 2.80. The maximum absolute atomic E-state index is 11.0. The zero-order valence-electron chi connectivity index (χ0n) is 22.4. The Labute approximate surface area is 212 Å². The van der Waals surface area contributed by atoms with Gasteiger partial charge in [-0.1, -0.05) is 77.6 Å². The van der Waals surface area contributed by atoms with Crippen molar-refractivity contribution >= 4 is 17.9 Å². The van der Waals surface area contributed by atoms with Crippen LogP contribution in [0.5, 0.6) is 0 Å². The smallest absolute Gasteiger partial charge is 0.334 e. The number of guanidine groups is 1. The van der Waals surface area contributed by atoms with Crippen LogP contribution in [0, 0.1) is 5.41 Å². The SMILES string of the molecule is CCCCCCCCCCCCCCOC(=O)C(C)O.CCO.N=C(N)NCCCC(N)C(=O)O. The number of carboxylic acids is 1. The summed E-state index contributed by atoms with van der Waals surface area (Å²) in [4.78, 5) is 21.2. The number of aliphatic hydroxyl groups is 2. The number of nitrogens with one attached hydrogen (secondary N) is 2. The van der Waals surface area contributed by atoms with Crippen molar-refractivity contribution in [1.82, 2.24) is 5.32 Å². The molecule has 0 aliphatic rings. The van der Waals surface area contributed by atoms with E-state index in [9.17, 15) is 9.59 Å². The molecule has 0 bridgehead atoms. The zero-order valence-corrected chi connectivity index (χ0v) is 22.4. The summed E-state index contributed by atoms with van der Waals surface area (Å²) in [6.07, 6.45) is 15.5. The second-order valence-corrected chi connectivity index (χ2v) is 8.48. The minimum absolute atomic E-state index is 0.112. The normalized spacial score (nSPS) is 11.7. The van der Waals surface area contributed by atoms with Gasteiger partial charge >= 0.3 is 11.9 Å². The molecule has 0 aromatic carbocycles. The molecule has 10 nitrogen and oxygen atoms in total. The molecule has 0 aromatic heterocycles. The molecule has 9 N–H and O–H groups in total. The van der Waals surface area contributed by atoms with E-state index in [4.69, 9.17) is 36.9 Å². The molecule has 35 heavy (non-hydrogen) atoms. The Bertz CT molecular complexity index is 493. The lowest BCUT2D eigenvalue weighted by Gasteiger charge is -2.06. The first-order valence-electron chi connectivity index (χ1n) is 13.2. The van der Waals surface area contributed by atoms with Gasteiger partial charge in [0.15, 0.2) is 5.96 Å². The van der Waals surface area contributed by atoms with E-state index in [0.717, 1.165) is 12.8 Å². The summed E-state index contributed by atoms with van der Waals surface area (Å²) < 4.78 is 4.91. The van der Waals surface area contributed by atoms with Gasteiger partial charge in [-0.15, -0.1) is 0 Å². The molecule has 10 heteroatoms. The summed E-state index contributed by atoms with van der Waals surface area (Å²) in [6, 6.07) is -0.821. The number of unbranched alkanes of at least 4 members (excludes halogenated alkanes) is 11. The van der Waals surface area contributed by atoms with Crippen molar-refractivity contribution in [3.8, 4) is 0 Å². The fourth-order valence-electron chi connectivity index (χ4n) is 2.90. The van der Waals surface area contributed by atoms with Gasteiger partial charge in [0, 0.05) is 13.2 Å². The van der Waals surface area contributed by atoms with Crippen molar-refractivity contribution in [2.24, 2.45) is 11.5 Å². The lowest BCUT2D eigenvalue weighted by atomic mass is 10.1. The lowest BCUT2D eigenvalue weighted by molar-refractivity contribution is -0.152.